The Morgan fingerprint density at radius 2 is 1.89 bits per heavy atom. The molecule has 3 rings (SSSR count). The van der Waals surface area contributed by atoms with Crippen molar-refractivity contribution in [3.05, 3.63) is 41.1 Å². The van der Waals surface area contributed by atoms with E-state index in [0.29, 0.717) is 38.2 Å². The smallest absolute Gasteiger partial charge is 0.435 e. The van der Waals surface area contributed by atoms with Gasteiger partial charge in [-0.1, -0.05) is 12.1 Å². The number of alkyl halides is 3. The molecule has 2 heterocycles. The van der Waals surface area contributed by atoms with Crippen LogP contribution in [0.3, 0.4) is 0 Å². The van der Waals surface area contributed by atoms with Crippen LogP contribution in [-0.2, 0) is 23.8 Å². The molecule has 1 aliphatic rings. The van der Waals surface area contributed by atoms with Crippen molar-refractivity contribution in [3.8, 4) is 11.6 Å². The molecular formula is C19H22F3N3O2. The molecule has 0 N–H and O–H groups in total. The second kappa shape index (κ2) is 7.62. The van der Waals surface area contributed by atoms with Crippen LogP contribution in [0.2, 0.25) is 0 Å². The van der Waals surface area contributed by atoms with Crippen molar-refractivity contribution in [1.82, 2.24) is 14.7 Å². The molecule has 0 saturated heterocycles. The van der Waals surface area contributed by atoms with Crippen LogP contribution in [0.25, 0.3) is 5.69 Å². The second-order valence-electron chi connectivity index (χ2n) is 6.40. The number of ether oxygens (including phenoxy) is 1. The molecule has 0 fully saturated rings. The largest absolute Gasteiger partial charge is 0.477 e. The van der Waals surface area contributed by atoms with Crippen LogP contribution in [0.5, 0.6) is 5.88 Å². The maximum absolute atomic E-state index is 13.3. The number of fused-ring (bicyclic) bond motifs is 1. The fourth-order valence-electron chi connectivity index (χ4n) is 3.25. The molecule has 5 nitrogen and oxygen atoms in total. The number of likely N-dealkylation sites (N-methyl/N-ethyl adjacent to an activating group) is 1. The number of hydrogen-bond donors (Lipinski definition) is 0. The Hall–Kier alpha value is -2.51. The summed E-state index contributed by atoms with van der Waals surface area (Å²) in [6.07, 6.45) is -3.44. The van der Waals surface area contributed by atoms with Gasteiger partial charge in [-0.05, 0) is 44.4 Å². The molecule has 1 amide bonds. The third-order valence-electron chi connectivity index (χ3n) is 4.67. The minimum Gasteiger partial charge on any atom is -0.477 e. The molecule has 1 aromatic carbocycles. The van der Waals surface area contributed by atoms with E-state index < -0.39 is 11.9 Å². The Morgan fingerprint density at radius 3 is 2.48 bits per heavy atom. The molecular weight excluding hydrogens is 359 g/mol. The van der Waals surface area contributed by atoms with Gasteiger partial charge in [0.1, 0.15) is 0 Å². The Labute approximate surface area is 155 Å². The predicted octanol–water partition coefficient (Wildman–Crippen LogP) is 3.63. The Balaban J connectivity index is 1.88. The van der Waals surface area contributed by atoms with Crippen molar-refractivity contribution in [2.75, 3.05) is 19.7 Å². The maximum Gasteiger partial charge on any atom is 0.435 e. The number of hydrogen-bond acceptors (Lipinski definition) is 3. The Bertz CT molecular complexity index is 809. The zero-order chi connectivity index (χ0) is 19.6. The summed E-state index contributed by atoms with van der Waals surface area (Å²) in [5.41, 5.74) is 0.490. The molecule has 8 heteroatoms. The number of nitrogens with zero attached hydrogens (tertiary/aromatic N) is 3. The van der Waals surface area contributed by atoms with Crippen LogP contribution in [0, 0.1) is 0 Å². The fourth-order valence-corrected chi connectivity index (χ4v) is 3.25. The highest BCUT2D eigenvalue weighted by molar-refractivity contribution is 5.78. The van der Waals surface area contributed by atoms with E-state index in [4.69, 9.17) is 4.74 Å². The lowest BCUT2D eigenvalue weighted by atomic mass is 10.1. The highest BCUT2D eigenvalue weighted by Crippen LogP contribution is 2.39. The third kappa shape index (κ3) is 3.94. The van der Waals surface area contributed by atoms with Crippen molar-refractivity contribution in [1.29, 1.82) is 0 Å². The number of aromatic nitrogens is 2. The zero-order valence-electron chi connectivity index (χ0n) is 15.3. The van der Waals surface area contributed by atoms with Gasteiger partial charge >= 0.3 is 6.18 Å². The van der Waals surface area contributed by atoms with Gasteiger partial charge in [0.15, 0.2) is 5.69 Å². The van der Waals surface area contributed by atoms with Crippen molar-refractivity contribution in [2.24, 2.45) is 0 Å². The first-order valence-electron chi connectivity index (χ1n) is 9.04. The molecule has 0 radical (unpaired) electrons. The summed E-state index contributed by atoms with van der Waals surface area (Å²) in [5.74, 6) is 0.174. The molecule has 146 valence electrons. The first kappa shape index (κ1) is 19.3. The zero-order valence-corrected chi connectivity index (χ0v) is 15.3. The minimum atomic E-state index is -4.52. The van der Waals surface area contributed by atoms with Gasteiger partial charge in [0.2, 0.25) is 11.8 Å². The van der Waals surface area contributed by atoms with Gasteiger partial charge in [-0.15, -0.1) is 0 Å². The van der Waals surface area contributed by atoms with Crippen LogP contribution < -0.4 is 4.74 Å². The van der Waals surface area contributed by atoms with Crippen molar-refractivity contribution < 1.29 is 22.7 Å². The summed E-state index contributed by atoms with van der Waals surface area (Å²) in [6, 6.07) is 6.80. The molecule has 1 aromatic heterocycles. The quantitative estimate of drug-likeness (QED) is 0.795. The van der Waals surface area contributed by atoms with E-state index in [1.807, 2.05) is 13.8 Å². The lowest BCUT2D eigenvalue weighted by molar-refractivity contribution is -0.142. The average molecular weight is 381 g/mol. The monoisotopic (exact) mass is 381 g/mol. The average Bonchev–Trinajstić information content (AvgIpc) is 3.03. The summed E-state index contributed by atoms with van der Waals surface area (Å²) in [7, 11) is 0. The van der Waals surface area contributed by atoms with Gasteiger partial charge in [-0.25, -0.2) is 4.68 Å². The number of carbonyl (C=O) groups is 1. The third-order valence-corrected chi connectivity index (χ3v) is 4.67. The number of carbonyl (C=O) groups excluding carboxylic acids is 1. The summed E-state index contributed by atoms with van der Waals surface area (Å²) in [5, 5.41) is 3.77. The summed E-state index contributed by atoms with van der Waals surface area (Å²) >= 11 is 0. The lowest BCUT2D eigenvalue weighted by Gasteiger charge is -2.18. The number of benzene rings is 1. The Morgan fingerprint density at radius 1 is 1.22 bits per heavy atom. The SMILES string of the molecule is CCN(CC)C(=O)Cc1ccc(-n2nc(C(F)(F)F)c3c2OCCC3)cc1. The van der Waals surface area contributed by atoms with Gasteiger partial charge in [0, 0.05) is 18.7 Å². The molecule has 0 saturated carbocycles. The molecule has 27 heavy (non-hydrogen) atoms. The number of halogens is 3. The molecule has 1 aliphatic heterocycles. The Kier molecular flexibility index (Phi) is 5.43. The molecule has 2 aromatic rings. The first-order chi connectivity index (χ1) is 12.8. The van der Waals surface area contributed by atoms with Crippen molar-refractivity contribution in [3.63, 3.8) is 0 Å². The van der Waals surface area contributed by atoms with Gasteiger partial charge in [0.25, 0.3) is 0 Å². The van der Waals surface area contributed by atoms with Gasteiger partial charge in [-0.2, -0.15) is 18.3 Å². The van der Waals surface area contributed by atoms with E-state index in [1.165, 1.54) is 4.68 Å². The van der Waals surface area contributed by atoms with E-state index in [-0.39, 0.29) is 23.8 Å². The fraction of sp³-hybridized carbons (Fsp3) is 0.474. The van der Waals surface area contributed by atoms with E-state index in [0.717, 1.165) is 5.56 Å². The highest BCUT2D eigenvalue weighted by Gasteiger charge is 2.40. The highest BCUT2D eigenvalue weighted by atomic mass is 19.4. The van der Waals surface area contributed by atoms with Crippen LogP contribution in [0.15, 0.2) is 24.3 Å². The van der Waals surface area contributed by atoms with E-state index in [1.54, 1.807) is 29.2 Å². The standard InChI is InChI=1S/C19H22F3N3O2/c1-3-24(4-2)16(26)12-13-7-9-14(10-8-13)25-18-15(6-5-11-27-18)17(23-25)19(20,21)22/h7-10H,3-6,11-12H2,1-2H3. The van der Waals surface area contributed by atoms with Crippen molar-refractivity contribution >= 4 is 5.91 Å². The minimum absolute atomic E-state index is 0.0203. The second-order valence-corrected chi connectivity index (χ2v) is 6.40. The first-order valence-corrected chi connectivity index (χ1v) is 9.04. The van der Waals surface area contributed by atoms with Gasteiger partial charge in [0.05, 0.1) is 18.7 Å². The number of amides is 1. The van der Waals surface area contributed by atoms with Gasteiger partial charge in [-0.3, -0.25) is 4.79 Å². The summed E-state index contributed by atoms with van der Waals surface area (Å²) in [6.45, 7) is 5.49. The summed E-state index contributed by atoms with van der Waals surface area (Å²) < 4.78 is 46.5. The van der Waals surface area contributed by atoms with Crippen LogP contribution in [0.4, 0.5) is 13.2 Å². The van der Waals surface area contributed by atoms with Crippen LogP contribution in [0.1, 0.15) is 37.1 Å². The normalized spacial score (nSPS) is 13.8. The predicted molar refractivity (Wildman–Crippen MR) is 94.0 cm³/mol. The van der Waals surface area contributed by atoms with Gasteiger partial charge < -0.3 is 9.64 Å². The molecule has 0 atom stereocenters. The van der Waals surface area contributed by atoms with E-state index >= 15 is 0 Å². The maximum atomic E-state index is 13.3. The molecule has 0 aliphatic carbocycles. The summed E-state index contributed by atoms with van der Waals surface area (Å²) in [4.78, 5) is 13.9. The molecule has 0 unspecified atom stereocenters. The van der Waals surface area contributed by atoms with Crippen LogP contribution >= 0.6 is 0 Å². The molecule has 0 bridgehead atoms. The van der Waals surface area contributed by atoms with Crippen molar-refractivity contribution in [2.45, 2.75) is 39.3 Å². The van der Waals surface area contributed by atoms with Crippen LogP contribution in [-0.4, -0.2) is 40.3 Å². The van der Waals surface area contributed by atoms with E-state index in [2.05, 4.69) is 5.10 Å². The van der Waals surface area contributed by atoms with E-state index in [9.17, 15) is 18.0 Å². The molecule has 0 spiro atoms. The lowest BCUT2D eigenvalue weighted by Crippen LogP contribution is -2.31. The number of rotatable bonds is 5. The topological polar surface area (TPSA) is 47.4 Å².